The molecule has 2 fully saturated rings. The molecular weight excluding hydrogens is 407 g/mol. The lowest BCUT2D eigenvalue weighted by Gasteiger charge is -2.43. The minimum Gasteiger partial charge on any atom is -0.483 e. The number of carboxylic acid groups (broad SMARTS) is 2. The number of rotatable bonds is 6. The molecule has 2 aliphatic rings. The van der Waals surface area contributed by atoms with Gasteiger partial charge in [-0.25, -0.2) is 9.37 Å². The first-order chi connectivity index (χ1) is 14.8. The van der Waals surface area contributed by atoms with E-state index in [-0.39, 0.29) is 12.3 Å². The second-order valence-corrected chi connectivity index (χ2v) is 8.26. The standard InChI is InChI=1S/C21H25FN2O4.CH2O2/c1-13-17(23-19(28-13)15-4-6-16(22)7-5-15)11-24-9-8-18(25)21(12-24,20(26)27)10-14-2-3-14;2-1-3/h4-7,14,18,25H,2-3,8-12H2,1H3,(H,26,27);1H,(H,2,3)/t18-,21+;/m0./s1. The number of aromatic nitrogens is 1. The Kier molecular flexibility index (Phi) is 7.07. The van der Waals surface area contributed by atoms with Crippen molar-refractivity contribution in [3.63, 3.8) is 0 Å². The molecule has 2 aromatic rings. The zero-order valence-corrected chi connectivity index (χ0v) is 17.3. The Bertz CT molecular complexity index is 911. The lowest BCUT2D eigenvalue weighted by atomic mass is 9.73. The van der Waals surface area contributed by atoms with Gasteiger partial charge in [0.25, 0.3) is 6.47 Å². The van der Waals surface area contributed by atoms with Crippen LogP contribution in [0.5, 0.6) is 0 Å². The fourth-order valence-corrected chi connectivity index (χ4v) is 4.14. The third kappa shape index (κ3) is 5.29. The molecule has 1 aliphatic heterocycles. The van der Waals surface area contributed by atoms with Gasteiger partial charge in [0.2, 0.25) is 5.89 Å². The van der Waals surface area contributed by atoms with Crippen molar-refractivity contribution in [3.05, 3.63) is 41.5 Å². The summed E-state index contributed by atoms with van der Waals surface area (Å²) in [4.78, 5) is 27.0. The zero-order chi connectivity index (χ0) is 22.6. The predicted octanol–water partition coefficient (Wildman–Crippen LogP) is 2.93. The minimum atomic E-state index is -1.11. The molecule has 1 saturated carbocycles. The van der Waals surface area contributed by atoms with Crippen LogP contribution in [-0.2, 0) is 16.1 Å². The largest absolute Gasteiger partial charge is 0.483 e. The van der Waals surface area contributed by atoms with Crippen LogP contribution in [0.2, 0.25) is 0 Å². The lowest BCUT2D eigenvalue weighted by molar-refractivity contribution is -0.165. The number of aliphatic hydroxyl groups excluding tert-OH is 1. The minimum absolute atomic E-state index is 0.250. The monoisotopic (exact) mass is 434 g/mol. The summed E-state index contributed by atoms with van der Waals surface area (Å²) in [5.74, 6) is 0.255. The van der Waals surface area contributed by atoms with E-state index in [2.05, 4.69) is 4.98 Å². The number of piperidine rings is 1. The molecule has 2 atom stereocenters. The van der Waals surface area contributed by atoms with Crippen LogP contribution in [0.4, 0.5) is 4.39 Å². The van der Waals surface area contributed by atoms with Crippen LogP contribution in [0.15, 0.2) is 28.7 Å². The van der Waals surface area contributed by atoms with E-state index in [0.717, 1.165) is 18.5 Å². The summed E-state index contributed by atoms with van der Waals surface area (Å²) >= 11 is 0. The van der Waals surface area contributed by atoms with E-state index in [9.17, 15) is 19.4 Å². The van der Waals surface area contributed by atoms with Crippen LogP contribution in [0.1, 0.15) is 37.1 Å². The number of carbonyl (C=O) groups is 2. The Morgan fingerprint density at radius 2 is 1.97 bits per heavy atom. The van der Waals surface area contributed by atoms with Crippen molar-refractivity contribution in [2.24, 2.45) is 11.3 Å². The van der Waals surface area contributed by atoms with E-state index in [1.807, 2.05) is 11.8 Å². The number of oxazole rings is 1. The van der Waals surface area contributed by atoms with Crippen molar-refractivity contribution in [1.82, 2.24) is 9.88 Å². The fraction of sp³-hybridized carbons (Fsp3) is 0.500. The SMILES string of the molecule is Cc1oc(-c2ccc(F)cc2)nc1CN1CC[C@H](O)[C@](CC2CC2)(C(=O)O)C1.O=CO. The molecule has 8 nitrogen and oxygen atoms in total. The number of hydrogen-bond acceptors (Lipinski definition) is 6. The van der Waals surface area contributed by atoms with Gasteiger partial charge < -0.3 is 19.7 Å². The van der Waals surface area contributed by atoms with Crippen molar-refractivity contribution in [3.8, 4) is 11.5 Å². The maximum absolute atomic E-state index is 13.1. The molecule has 0 unspecified atom stereocenters. The Balaban J connectivity index is 0.000000858. The van der Waals surface area contributed by atoms with Gasteiger partial charge in [-0.1, -0.05) is 12.8 Å². The zero-order valence-electron chi connectivity index (χ0n) is 17.3. The van der Waals surface area contributed by atoms with Gasteiger partial charge in [0.05, 0.1) is 11.8 Å². The normalized spacial score (nSPS) is 23.6. The summed E-state index contributed by atoms with van der Waals surface area (Å²) in [6.45, 7) is 2.95. The Morgan fingerprint density at radius 1 is 1.32 bits per heavy atom. The van der Waals surface area contributed by atoms with Crippen LogP contribution in [0.25, 0.3) is 11.5 Å². The number of aliphatic hydroxyl groups is 1. The quantitative estimate of drug-likeness (QED) is 0.593. The number of aliphatic carboxylic acids is 1. The molecule has 31 heavy (non-hydrogen) atoms. The Morgan fingerprint density at radius 3 is 2.55 bits per heavy atom. The molecule has 1 aromatic heterocycles. The molecule has 0 amide bonds. The van der Waals surface area contributed by atoms with Crippen LogP contribution in [-0.4, -0.2) is 56.8 Å². The first-order valence-corrected chi connectivity index (χ1v) is 10.2. The average Bonchev–Trinajstić information content (AvgIpc) is 3.47. The number of nitrogens with zero attached hydrogens (tertiary/aromatic N) is 2. The first-order valence-electron chi connectivity index (χ1n) is 10.2. The third-order valence-electron chi connectivity index (χ3n) is 6.00. The molecule has 2 heterocycles. The number of halogens is 1. The molecule has 168 valence electrons. The molecule has 4 rings (SSSR count). The second-order valence-electron chi connectivity index (χ2n) is 8.26. The highest BCUT2D eigenvalue weighted by molar-refractivity contribution is 5.76. The molecule has 3 N–H and O–H groups in total. The fourth-order valence-electron chi connectivity index (χ4n) is 4.14. The van der Waals surface area contributed by atoms with E-state index in [4.69, 9.17) is 14.3 Å². The molecule has 0 radical (unpaired) electrons. The topological polar surface area (TPSA) is 124 Å². The summed E-state index contributed by atoms with van der Waals surface area (Å²) in [7, 11) is 0. The summed E-state index contributed by atoms with van der Waals surface area (Å²) in [5.41, 5.74) is 0.316. The van der Waals surface area contributed by atoms with Crippen LogP contribution >= 0.6 is 0 Å². The molecule has 1 saturated heterocycles. The smallest absolute Gasteiger partial charge is 0.313 e. The van der Waals surface area contributed by atoms with Gasteiger partial charge in [-0.05, 0) is 49.9 Å². The van der Waals surface area contributed by atoms with Gasteiger partial charge >= 0.3 is 5.97 Å². The highest BCUT2D eigenvalue weighted by Crippen LogP contribution is 2.45. The summed E-state index contributed by atoms with van der Waals surface area (Å²) in [6, 6.07) is 5.96. The summed E-state index contributed by atoms with van der Waals surface area (Å²) in [6.07, 6.45) is 2.23. The van der Waals surface area contributed by atoms with E-state index < -0.39 is 17.5 Å². The van der Waals surface area contributed by atoms with Gasteiger partial charge in [0.1, 0.15) is 17.0 Å². The number of hydrogen-bond donors (Lipinski definition) is 3. The van der Waals surface area contributed by atoms with Gasteiger partial charge in [-0.2, -0.15) is 0 Å². The average molecular weight is 434 g/mol. The molecular formula is C22H27FN2O6. The Hall–Kier alpha value is -2.78. The van der Waals surface area contributed by atoms with E-state index in [0.29, 0.717) is 55.6 Å². The lowest BCUT2D eigenvalue weighted by Crippen LogP contribution is -2.56. The molecule has 1 aromatic carbocycles. The van der Waals surface area contributed by atoms with E-state index >= 15 is 0 Å². The van der Waals surface area contributed by atoms with Crippen molar-refractivity contribution >= 4 is 12.4 Å². The maximum atomic E-state index is 13.1. The van der Waals surface area contributed by atoms with Crippen molar-refractivity contribution < 1.29 is 33.7 Å². The number of benzene rings is 1. The van der Waals surface area contributed by atoms with Gasteiger partial charge in [-0.15, -0.1) is 0 Å². The number of likely N-dealkylation sites (tertiary alicyclic amines) is 1. The molecule has 9 heteroatoms. The van der Waals surface area contributed by atoms with Crippen LogP contribution in [0.3, 0.4) is 0 Å². The predicted molar refractivity (Wildman–Crippen MR) is 109 cm³/mol. The number of aryl methyl sites for hydroxylation is 1. The van der Waals surface area contributed by atoms with Crippen LogP contribution < -0.4 is 0 Å². The molecule has 1 aliphatic carbocycles. The Labute approximate surface area is 179 Å². The molecule has 0 spiro atoms. The van der Waals surface area contributed by atoms with Crippen molar-refractivity contribution in [1.29, 1.82) is 0 Å². The van der Waals surface area contributed by atoms with E-state index in [1.54, 1.807) is 12.1 Å². The highest BCUT2D eigenvalue weighted by Gasteiger charge is 2.51. The van der Waals surface area contributed by atoms with Gasteiger partial charge in [-0.3, -0.25) is 14.5 Å². The summed E-state index contributed by atoms with van der Waals surface area (Å²) < 4.78 is 18.9. The van der Waals surface area contributed by atoms with Crippen molar-refractivity contribution in [2.75, 3.05) is 13.1 Å². The second kappa shape index (κ2) is 9.57. The van der Waals surface area contributed by atoms with Crippen molar-refractivity contribution in [2.45, 2.75) is 45.3 Å². The molecule has 0 bridgehead atoms. The first kappa shape index (κ1) is 22.9. The third-order valence-corrected chi connectivity index (χ3v) is 6.00. The highest BCUT2D eigenvalue weighted by atomic mass is 19.1. The van der Waals surface area contributed by atoms with Crippen LogP contribution in [0, 0.1) is 24.1 Å². The summed E-state index contributed by atoms with van der Waals surface area (Å²) in [5, 5.41) is 27.3. The number of carboxylic acids is 1. The maximum Gasteiger partial charge on any atom is 0.313 e. The van der Waals surface area contributed by atoms with E-state index in [1.165, 1.54) is 12.1 Å². The van der Waals surface area contributed by atoms with Gasteiger partial charge in [0, 0.05) is 25.2 Å². The van der Waals surface area contributed by atoms with Gasteiger partial charge in [0.15, 0.2) is 0 Å².